The summed E-state index contributed by atoms with van der Waals surface area (Å²) >= 11 is 0. The Morgan fingerprint density at radius 3 is 2.23 bits per heavy atom. The van der Waals surface area contributed by atoms with E-state index in [9.17, 15) is 14.4 Å². The van der Waals surface area contributed by atoms with Gasteiger partial charge in [0.05, 0.1) is 0 Å². The van der Waals surface area contributed by atoms with Crippen molar-refractivity contribution in [1.29, 1.82) is 0 Å². The zero-order valence-corrected chi connectivity index (χ0v) is 28.3. The monoisotopic (exact) mass is 643 g/mol. The molecule has 1 atom stereocenters. The fourth-order valence-corrected chi connectivity index (χ4v) is 7.99. The van der Waals surface area contributed by atoms with Crippen LogP contribution in [0.25, 0.3) is 0 Å². The SMILES string of the molecule is CCc1ccc(CC(NC(=O)N2CCC(N3CCc4ccccc4NC3=O)CC2)C(=O)N2CCC(N3CCNCC3)CC2)cc1CC. The van der Waals surface area contributed by atoms with Crippen LogP contribution in [0, 0.1) is 0 Å². The largest absolute Gasteiger partial charge is 0.341 e. The lowest BCUT2D eigenvalue weighted by molar-refractivity contribution is -0.134. The molecule has 0 aliphatic carbocycles. The lowest BCUT2D eigenvalue weighted by Crippen LogP contribution is -2.58. The highest BCUT2D eigenvalue weighted by Crippen LogP contribution is 2.25. The number of nitrogens with zero attached hydrogens (tertiary/aromatic N) is 4. The Bertz CT molecular complexity index is 1390. The van der Waals surface area contributed by atoms with E-state index in [1.165, 1.54) is 11.1 Å². The summed E-state index contributed by atoms with van der Waals surface area (Å²) in [6, 6.07) is 14.2. The summed E-state index contributed by atoms with van der Waals surface area (Å²) in [4.78, 5) is 49.3. The molecule has 47 heavy (non-hydrogen) atoms. The van der Waals surface area contributed by atoms with E-state index < -0.39 is 6.04 Å². The molecule has 5 amide bonds. The third kappa shape index (κ3) is 7.92. The molecule has 10 nitrogen and oxygen atoms in total. The van der Waals surface area contributed by atoms with Gasteiger partial charge in [-0.3, -0.25) is 9.69 Å². The lowest BCUT2D eigenvalue weighted by atomic mass is 9.95. The van der Waals surface area contributed by atoms with E-state index in [0.717, 1.165) is 88.2 Å². The van der Waals surface area contributed by atoms with Crippen molar-refractivity contribution < 1.29 is 14.4 Å². The number of carbonyl (C=O) groups excluding carboxylic acids is 3. The van der Waals surface area contributed by atoms with E-state index in [1.54, 1.807) is 0 Å². The number of hydrogen-bond donors (Lipinski definition) is 3. The number of benzene rings is 2. The maximum Gasteiger partial charge on any atom is 0.322 e. The first kappa shape index (κ1) is 33.3. The summed E-state index contributed by atoms with van der Waals surface area (Å²) in [5.41, 5.74) is 5.76. The fraction of sp³-hybridized carbons (Fsp3) is 0.595. The number of para-hydroxylation sites is 1. The number of carbonyl (C=O) groups is 3. The van der Waals surface area contributed by atoms with Crippen LogP contribution in [-0.4, -0.2) is 115 Å². The van der Waals surface area contributed by atoms with E-state index in [2.05, 4.69) is 59.0 Å². The molecule has 6 rings (SSSR count). The number of urea groups is 2. The van der Waals surface area contributed by atoms with E-state index in [-0.39, 0.29) is 24.0 Å². The maximum absolute atomic E-state index is 14.1. The molecule has 0 radical (unpaired) electrons. The third-order valence-corrected chi connectivity index (χ3v) is 10.8. The number of hydrogen-bond acceptors (Lipinski definition) is 5. The van der Waals surface area contributed by atoms with Crippen LogP contribution in [0.2, 0.25) is 0 Å². The van der Waals surface area contributed by atoms with Crippen molar-refractivity contribution in [2.24, 2.45) is 0 Å². The average Bonchev–Trinajstić information content (AvgIpc) is 3.29. The highest BCUT2D eigenvalue weighted by atomic mass is 16.2. The summed E-state index contributed by atoms with van der Waals surface area (Å²) in [5, 5.41) is 9.70. The van der Waals surface area contributed by atoms with Gasteiger partial charge in [-0.05, 0) is 73.3 Å². The van der Waals surface area contributed by atoms with E-state index >= 15 is 0 Å². The van der Waals surface area contributed by atoms with Gasteiger partial charge in [0, 0.05) is 83.1 Å². The summed E-state index contributed by atoms with van der Waals surface area (Å²) in [5.74, 6) is 0.0189. The molecule has 2 aromatic carbocycles. The molecule has 4 aliphatic rings. The molecule has 1 unspecified atom stereocenters. The van der Waals surface area contributed by atoms with Crippen LogP contribution >= 0.6 is 0 Å². The van der Waals surface area contributed by atoms with Gasteiger partial charge >= 0.3 is 12.1 Å². The Balaban J connectivity index is 1.09. The van der Waals surface area contributed by atoms with Gasteiger partial charge in [-0.2, -0.15) is 0 Å². The second-order valence-electron chi connectivity index (χ2n) is 13.6. The number of fused-ring (bicyclic) bond motifs is 1. The Morgan fingerprint density at radius 1 is 0.830 bits per heavy atom. The Kier molecular flexibility index (Phi) is 11.0. The van der Waals surface area contributed by atoms with Crippen molar-refractivity contribution in [3.05, 3.63) is 64.7 Å². The van der Waals surface area contributed by atoms with Crippen molar-refractivity contribution in [3.8, 4) is 0 Å². The number of amides is 5. The molecule has 4 aliphatic heterocycles. The van der Waals surface area contributed by atoms with Crippen molar-refractivity contribution >= 4 is 23.7 Å². The van der Waals surface area contributed by atoms with Gasteiger partial charge in [0.1, 0.15) is 6.04 Å². The summed E-state index contributed by atoms with van der Waals surface area (Å²) in [6.07, 6.45) is 6.58. The quantitative estimate of drug-likeness (QED) is 0.406. The first-order valence-corrected chi connectivity index (χ1v) is 18.0. The summed E-state index contributed by atoms with van der Waals surface area (Å²) in [6.45, 7) is 11.7. The zero-order chi connectivity index (χ0) is 32.8. The van der Waals surface area contributed by atoms with Crippen molar-refractivity contribution in [2.75, 3.05) is 64.2 Å². The average molecular weight is 644 g/mol. The van der Waals surface area contributed by atoms with Gasteiger partial charge in [-0.1, -0.05) is 50.2 Å². The molecule has 0 bridgehead atoms. The molecule has 254 valence electrons. The second kappa shape index (κ2) is 15.5. The van der Waals surface area contributed by atoms with Gasteiger partial charge in [0.25, 0.3) is 0 Å². The summed E-state index contributed by atoms with van der Waals surface area (Å²) in [7, 11) is 0. The smallest absolute Gasteiger partial charge is 0.322 e. The Hall–Kier alpha value is -3.63. The second-order valence-corrected chi connectivity index (χ2v) is 13.6. The molecule has 0 aromatic heterocycles. The van der Waals surface area contributed by atoms with E-state index in [4.69, 9.17) is 0 Å². The highest BCUT2D eigenvalue weighted by molar-refractivity contribution is 5.91. The maximum atomic E-state index is 14.1. The minimum absolute atomic E-state index is 0.0189. The number of piperidine rings is 2. The van der Waals surface area contributed by atoms with Gasteiger partial charge < -0.3 is 30.7 Å². The number of likely N-dealkylation sites (tertiary alicyclic amines) is 2. The number of rotatable bonds is 8. The molecule has 10 heteroatoms. The van der Waals surface area contributed by atoms with Gasteiger partial charge in [-0.25, -0.2) is 9.59 Å². The van der Waals surface area contributed by atoms with E-state index in [1.807, 2.05) is 32.9 Å². The van der Waals surface area contributed by atoms with Crippen molar-refractivity contribution in [1.82, 2.24) is 30.2 Å². The molecule has 0 saturated carbocycles. The molecule has 0 spiro atoms. The van der Waals surface area contributed by atoms with Gasteiger partial charge in [-0.15, -0.1) is 0 Å². The predicted molar refractivity (Wildman–Crippen MR) is 186 cm³/mol. The molecule has 4 heterocycles. The predicted octanol–water partition coefficient (Wildman–Crippen LogP) is 3.88. The minimum atomic E-state index is -0.622. The number of aryl methyl sites for hydroxylation is 2. The Morgan fingerprint density at radius 2 is 1.51 bits per heavy atom. The van der Waals surface area contributed by atoms with Crippen molar-refractivity contribution in [2.45, 2.75) is 83.3 Å². The normalized spacial score (nSPS) is 20.7. The van der Waals surface area contributed by atoms with Crippen LogP contribution in [-0.2, 0) is 30.5 Å². The Labute approximate surface area is 280 Å². The summed E-state index contributed by atoms with van der Waals surface area (Å²) < 4.78 is 0. The lowest BCUT2D eigenvalue weighted by Gasteiger charge is -2.41. The van der Waals surface area contributed by atoms with Crippen LogP contribution < -0.4 is 16.0 Å². The zero-order valence-electron chi connectivity index (χ0n) is 28.3. The molecular weight excluding hydrogens is 590 g/mol. The molecular formula is C37H53N7O3. The van der Waals surface area contributed by atoms with Gasteiger partial charge in [0.2, 0.25) is 5.91 Å². The number of anilines is 1. The molecule has 3 N–H and O–H groups in total. The van der Waals surface area contributed by atoms with E-state index in [0.29, 0.717) is 44.9 Å². The first-order valence-electron chi connectivity index (χ1n) is 18.0. The topological polar surface area (TPSA) is 100 Å². The third-order valence-electron chi connectivity index (χ3n) is 10.8. The standard InChI is InChI=1S/C37H53N7O3/c1-3-28-10-9-27(25-29(28)4-2)26-34(35(45)42-18-12-31(13-19-42)41-23-16-38-17-24-41)40-36(46)43-20-14-32(15-21-43)44-22-11-30-7-5-6-8-33(30)39-37(44)47/h5-10,25,31-32,34,38H,3-4,11-24,26H2,1-2H3,(H,39,47)(H,40,46). The van der Waals surface area contributed by atoms with Crippen LogP contribution in [0.1, 0.15) is 61.8 Å². The minimum Gasteiger partial charge on any atom is -0.341 e. The fourth-order valence-electron chi connectivity index (χ4n) is 7.99. The highest BCUT2D eigenvalue weighted by Gasteiger charge is 2.35. The van der Waals surface area contributed by atoms with Crippen LogP contribution in [0.3, 0.4) is 0 Å². The molecule has 3 fully saturated rings. The number of piperazine rings is 1. The molecule has 2 aromatic rings. The van der Waals surface area contributed by atoms with Crippen LogP contribution in [0.4, 0.5) is 15.3 Å². The molecule has 3 saturated heterocycles. The van der Waals surface area contributed by atoms with Crippen molar-refractivity contribution in [3.63, 3.8) is 0 Å². The van der Waals surface area contributed by atoms with Crippen LogP contribution in [0.5, 0.6) is 0 Å². The number of nitrogens with one attached hydrogen (secondary N) is 3. The van der Waals surface area contributed by atoms with Crippen LogP contribution in [0.15, 0.2) is 42.5 Å². The first-order chi connectivity index (χ1) is 22.9. The van der Waals surface area contributed by atoms with Gasteiger partial charge in [0.15, 0.2) is 0 Å².